The lowest BCUT2D eigenvalue weighted by Crippen LogP contribution is -2.54. The van der Waals surface area contributed by atoms with Crippen molar-refractivity contribution in [3.05, 3.63) is 30.1 Å². The molecule has 1 aromatic rings. The molecule has 1 unspecified atom stereocenters. The van der Waals surface area contributed by atoms with Gasteiger partial charge in [-0.1, -0.05) is 6.07 Å². The Morgan fingerprint density at radius 1 is 1.21 bits per heavy atom. The van der Waals surface area contributed by atoms with E-state index in [-0.39, 0.29) is 18.2 Å². The normalized spacial score (nSPS) is 25.1. The van der Waals surface area contributed by atoms with Gasteiger partial charge in [0.15, 0.2) is 0 Å². The van der Waals surface area contributed by atoms with E-state index in [1.165, 1.54) is 5.01 Å². The molecule has 2 saturated heterocycles. The molecule has 19 heavy (non-hydrogen) atoms. The van der Waals surface area contributed by atoms with Crippen LogP contribution in [0.1, 0.15) is 18.0 Å². The van der Waals surface area contributed by atoms with Crippen molar-refractivity contribution in [2.75, 3.05) is 26.2 Å². The van der Waals surface area contributed by atoms with E-state index in [1.54, 1.807) is 18.3 Å². The van der Waals surface area contributed by atoms with Gasteiger partial charge < -0.3 is 5.32 Å². The Bertz CT molecular complexity index is 485. The molecule has 1 N–H and O–H groups in total. The fourth-order valence-electron chi connectivity index (χ4n) is 2.58. The number of amides is 2. The molecule has 0 aromatic carbocycles. The predicted octanol–water partition coefficient (Wildman–Crippen LogP) is -0.256. The van der Waals surface area contributed by atoms with Crippen LogP contribution in [0.3, 0.4) is 0 Å². The van der Waals surface area contributed by atoms with Crippen molar-refractivity contribution in [1.82, 2.24) is 20.3 Å². The number of carbonyl (C=O) groups excluding carboxylic acids is 2. The molecule has 6 nitrogen and oxygen atoms in total. The zero-order valence-electron chi connectivity index (χ0n) is 10.6. The molecular formula is C13H16N4O2. The Morgan fingerprint density at radius 2 is 2.00 bits per heavy atom. The molecule has 0 saturated carbocycles. The minimum absolute atomic E-state index is 0.123. The van der Waals surface area contributed by atoms with Gasteiger partial charge in [0.25, 0.3) is 5.91 Å². The molecular weight excluding hydrogens is 244 g/mol. The molecule has 3 heterocycles. The van der Waals surface area contributed by atoms with E-state index in [0.717, 1.165) is 13.1 Å². The second-order valence-corrected chi connectivity index (χ2v) is 4.76. The highest BCUT2D eigenvalue weighted by Gasteiger charge is 2.43. The van der Waals surface area contributed by atoms with E-state index >= 15 is 0 Å². The lowest BCUT2D eigenvalue weighted by Gasteiger charge is -2.33. The average molecular weight is 260 g/mol. The summed E-state index contributed by atoms with van der Waals surface area (Å²) in [5, 5.41) is 6.36. The number of nitrogens with one attached hydrogen (secondary N) is 1. The summed E-state index contributed by atoms with van der Waals surface area (Å²) in [4.78, 5) is 28.7. The third-order valence-corrected chi connectivity index (χ3v) is 3.54. The summed E-state index contributed by atoms with van der Waals surface area (Å²) in [6.07, 6.45) is 1.88. The van der Waals surface area contributed by atoms with Gasteiger partial charge in [-0.25, -0.2) is 10.0 Å². The molecule has 0 bridgehead atoms. The van der Waals surface area contributed by atoms with Gasteiger partial charge in [-0.3, -0.25) is 14.6 Å². The Kier molecular flexibility index (Phi) is 3.27. The maximum Gasteiger partial charge on any atom is 0.253 e. The zero-order chi connectivity index (χ0) is 13.2. The predicted molar refractivity (Wildman–Crippen MR) is 67.9 cm³/mol. The first-order valence-electron chi connectivity index (χ1n) is 6.50. The second kappa shape index (κ2) is 5.07. The first-order chi connectivity index (χ1) is 9.27. The van der Waals surface area contributed by atoms with Crippen LogP contribution in [-0.4, -0.2) is 53.0 Å². The van der Waals surface area contributed by atoms with E-state index < -0.39 is 5.92 Å². The van der Waals surface area contributed by atoms with E-state index in [0.29, 0.717) is 18.8 Å². The molecule has 1 atom stereocenters. The number of rotatable bonds is 2. The topological polar surface area (TPSA) is 65.5 Å². The highest BCUT2D eigenvalue weighted by Crippen LogP contribution is 2.29. The fraction of sp³-hybridized carbons (Fsp3) is 0.462. The summed E-state index contributed by atoms with van der Waals surface area (Å²) in [7, 11) is 0. The van der Waals surface area contributed by atoms with Crippen molar-refractivity contribution >= 4 is 11.8 Å². The number of nitrogens with zero attached hydrogens (tertiary/aromatic N) is 3. The number of hydrogen-bond acceptors (Lipinski definition) is 5. The van der Waals surface area contributed by atoms with E-state index in [9.17, 15) is 9.59 Å². The summed E-state index contributed by atoms with van der Waals surface area (Å²) < 4.78 is 0. The molecule has 6 heteroatoms. The summed E-state index contributed by atoms with van der Waals surface area (Å²) in [6, 6.07) is 5.45. The average Bonchev–Trinajstić information content (AvgIpc) is 2.76. The Hall–Kier alpha value is -1.79. The lowest BCUT2D eigenvalue weighted by molar-refractivity contribution is -0.158. The van der Waals surface area contributed by atoms with Gasteiger partial charge >= 0.3 is 0 Å². The molecule has 2 fully saturated rings. The molecule has 100 valence electrons. The van der Waals surface area contributed by atoms with Gasteiger partial charge in [-0.05, 0) is 12.1 Å². The zero-order valence-corrected chi connectivity index (χ0v) is 10.6. The third-order valence-electron chi connectivity index (χ3n) is 3.54. The molecule has 3 rings (SSSR count). The maximum absolute atomic E-state index is 12.4. The Balaban J connectivity index is 1.81. The molecule has 0 aliphatic carbocycles. The smallest absolute Gasteiger partial charge is 0.253 e. The number of carbonyl (C=O) groups is 2. The molecule has 0 spiro atoms. The van der Waals surface area contributed by atoms with E-state index in [4.69, 9.17) is 0 Å². The quantitative estimate of drug-likeness (QED) is 0.742. The molecule has 2 amide bonds. The van der Waals surface area contributed by atoms with Crippen LogP contribution in [0.15, 0.2) is 24.4 Å². The Labute approximate surface area is 111 Å². The van der Waals surface area contributed by atoms with Crippen LogP contribution >= 0.6 is 0 Å². The Morgan fingerprint density at radius 3 is 2.68 bits per heavy atom. The van der Waals surface area contributed by atoms with Crippen LogP contribution in [0.25, 0.3) is 0 Å². The van der Waals surface area contributed by atoms with Crippen molar-refractivity contribution in [2.24, 2.45) is 0 Å². The standard InChI is InChI=1S/C13H16N4O2/c18-12-9-10(11-3-1-2-4-15-11)13(19)17(12)16-7-5-14-6-8-16/h1-4,10,14H,5-9H2. The van der Waals surface area contributed by atoms with Crippen LogP contribution in [0.5, 0.6) is 0 Å². The van der Waals surface area contributed by atoms with Crippen LogP contribution in [-0.2, 0) is 9.59 Å². The van der Waals surface area contributed by atoms with Crippen molar-refractivity contribution in [3.63, 3.8) is 0 Å². The highest BCUT2D eigenvalue weighted by atomic mass is 16.2. The minimum Gasteiger partial charge on any atom is -0.314 e. The summed E-state index contributed by atoms with van der Waals surface area (Å²) in [5.74, 6) is -0.697. The van der Waals surface area contributed by atoms with Crippen LogP contribution in [0.4, 0.5) is 0 Å². The van der Waals surface area contributed by atoms with Crippen LogP contribution < -0.4 is 5.32 Å². The maximum atomic E-state index is 12.4. The number of hydrazine groups is 1. The second-order valence-electron chi connectivity index (χ2n) is 4.76. The van der Waals surface area contributed by atoms with Gasteiger partial charge in [0.1, 0.15) is 0 Å². The number of pyridine rings is 1. The third kappa shape index (κ3) is 2.24. The summed E-state index contributed by atoms with van der Waals surface area (Å²) >= 11 is 0. The molecule has 1 aromatic heterocycles. The molecule has 2 aliphatic rings. The van der Waals surface area contributed by atoms with E-state index in [1.807, 2.05) is 11.1 Å². The van der Waals surface area contributed by atoms with Crippen molar-refractivity contribution in [2.45, 2.75) is 12.3 Å². The number of piperazine rings is 1. The monoisotopic (exact) mass is 260 g/mol. The summed E-state index contributed by atoms with van der Waals surface area (Å²) in [6.45, 7) is 2.97. The van der Waals surface area contributed by atoms with Gasteiger partial charge in [-0.2, -0.15) is 0 Å². The lowest BCUT2D eigenvalue weighted by atomic mass is 10.0. The minimum atomic E-state index is -0.427. The first-order valence-corrected chi connectivity index (χ1v) is 6.50. The first kappa shape index (κ1) is 12.3. The SMILES string of the molecule is O=C1CC(c2ccccn2)C(=O)N1N1CCNCC1. The van der Waals surface area contributed by atoms with Crippen molar-refractivity contribution in [3.8, 4) is 0 Å². The van der Waals surface area contributed by atoms with Crippen LogP contribution in [0, 0.1) is 0 Å². The fourth-order valence-corrected chi connectivity index (χ4v) is 2.58. The number of imide groups is 1. The number of aromatic nitrogens is 1. The van der Waals surface area contributed by atoms with Gasteiger partial charge in [0, 0.05) is 38.8 Å². The summed E-state index contributed by atoms with van der Waals surface area (Å²) in [5.41, 5.74) is 0.679. The van der Waals surface area contributed by atoms with Crippen molar-refractivity contribution in [1.29, 1.82) is 0 Å². The molecule has 2 aliphatic heterocycles. The largest absolute Gasteiger partial charge is 0.314 e. The van der Waals surface area contributed by atoms with Gasteiger partial charge in [-0.15, -0.1) is 0 Å². The number of hydrogen-bond donors (Lipinski definition) is 1. The van der Waals surface area contributed by atoms with Crippen LogP contribution in [0.2, 0.25) is 0 Å². The van der Waals surface area contributed by atoms with E-state index in [2.05, 4.69) is 10.3 Å². The highest BCUT2D eigenvalue weighted by molar-refractivity contribution is 6.05. The molecule has 0 radical (unpaired) electrons. The van der Waals surface area contributed by atoms with Gasteiger partial charge in [0.2, 0.25) is 5.91 Å². The van der Waals surface area contributed by atoms with Gasteiger partial charge in [0.05, 0.1) is 11.6 Å². The van der Waals surface area contributed by atoms with Crippen molar-refractivity contribution < 1.29 is 9.59 Å².